The number of carbonyl (C=O) groups excluding carboxylic acids is 1. The molecule has 1 aromatic heterocycles. The number of rotatable bonds is 4. The van der Waals surface area contributed by atoms with Gasteiger partial charge in [-0.2, -0.15) is 0 Å². The highest BCUT2D eigenvalue weighted by Gasteiger charge is 2.38. The predicted molar refractivity (Wildman–Crippen MR) is 110 cm³/mol. The van der Waals surface area contributed by atoms with E-state index in [1.165, 1.54) is 50.9 Å². The number of Topliss-reactive ketones (excluding diaryl/α,β-unsaturated/α-hetero) is 1. The largest absolute Gasteiger partial charge is 0.298 e. The Hall–Kier alpha value is -1.49. The number of nitrogens with zero attached hydrogens (tertiary/aromatic N) is 2. The van der Waals surface area contributed by atoms with Crippen LogP contribution in [-0.4, -0.2) is 47.3 Å². The molecule has 1 aromatic carbocycles. The summed E-state index contributed by atoms with van der Waals surface area (Å²) >= 11 is 1.60. The van der Waals surface area contributed by atoms with Crippen LogP contribution in [0.25, 0.3) is 0 Å². The third kappa shape index (κ3) is 3.51. The van der Waals surface area contributed by atoms with E-state index in [2.05, 4.69) is 45.5 Å². The zero-order valence-electron chi connectivity index (χ0n) is 16.1. The summed E-state index contributed by atoms with van der Waals surface area (Å²) in [5.41, 5.74) is 4.44. The SMILES string of the molecule is CC(=O)c1cc(CN2C[C@H]3CC[C@@H]2CN(C2Cc4ccccc4C2)C3)cs1. The fourth-order valence-corrected chi connectivity index (χ4v) is 6.18. The summed E-state index contributed by atoms with van der Waals surface area (Å²) in [6, 6.07) is 12.5. The van der Waals surface area contributed by atoms with Gasteiger partial charge in [0.25, 0.3) is 0 Å². The number of carbonyl (C=O) groups is 1. The summed E-state index contributed by atoms with van der Waals surface area (Å²) in [6.45, 7) is 6.35. The predicted octanol–water partition coefficient (Wildman–Crippen LogP) is 4.01. The fourth-order valence-electron chi connectivity index (χ4n) is 5.38. The van der Waals surface area contributed by atoms with Crippen molar-refractivity contribution in [3.8, 4) is 0 Å². The highest BCUT2D eigenvalue weighted by Crippen LogP contribution is 2.34. The third-order valence-electron chi connectivity index (χ3n) is 6.79. The molecular weight excluding hydrogens is 352 g/mol. The molecule has 0 unspecified atom stereocenters. The molecule has 2 aromatic rings. The topological polar surface area (TPSA) is 23.6 Å². The summed E-state index contributed by atoms with van der Waals surface area (Å²) in [5, 5.41) is 2.18. The molecule has 142 valence electrons. The minimum absolute atomic E-state index is 0.190. The Balaban J connectivity index is 1.28. The minimum atomic E-state index is 0.190. The van der Waals surface area contributed by atoms with Crippen molar-refractivity contribution in [2.24, 2.45) is 5.92 Å². The average molecular weight is 381 g/mol. The van der Waals surface area contributed by atoms with Gasteiger partial charge in [-0.3, -0.25) is 14.6 Å². The summed E-state index contributed by atoms with van der Waals surface area (Å²) < 4.78 is 0. The van der Waals surface area contributed by atoms with Crippen LogP contribution in [0.2, 0.25) is 0 Å². The van der Waals surface area contributed by atoms with Crippen LogP contribution < -0.4 is 0 Å². The maximum atomic E-state index is 11.6. The molecule has 27 heavy (non-hydrogen) atoms. The molecule has 3 saturated heterocycles. The summed E-state index contributed by atoms with van der Waals surface area (Å²) in [6.07, 6.45) is 5.15. The van der Waals surface area contributed by atoms with Crippen molar-refractivity contribution in [1.82, 2.24) is 9.80 Å². The normalized spacial score (nSPS) is 26.3. The van der Waals surface area contributed by atoms with Crippen molar-refractivity contribution < 1.29 is 4.79 Å². The van der Waals surface area contributed by atoms with Crippen molar-refractivity contribution in [2.75, 3.05) is 19.6 Å². The van der Waals surface area contributed by atoms with Gasteiger partial charge in [-0.05, 0) is 66.7 Å². The summed E-state index contributed by atoms with van der Waals surface area (Å²) in [4.78, 5) is 18.0. The van der Waals surface area contributed by atoms with E-state index < -0.39 is 0 Å². The van der Waals surface area contributed by atoms with E-state index in [1.807, 2.05) is 0 Å². The lowest BCUT2D eigenvalue weighted by Crippen LogP contribution is -2.44. The van der Waals surface area contributed by atoms with E-state index in [0.717, 1.165) is 17.3 Å². The van der Waals surface area contributed by atoms with E-state index in [-0.39, 0.29) is 5.78 Å². The molecule has 2 atom stereocenters. The van der Waals surface area contributed by atoms with Crippen LogP contribution in [0.3, 0.4) is 0 Å². The van der Waals surface area contributed by atoms with E-state index in [4.69, 9.17) is 0 Å². The maximum absolute atomic E-state index is 11.6. The highest BCUT2D eigenvalue weighted by atomic mass is 32.1. The van der Waals surface area contributed by atoms with Crippen LogP contribution in [0.1, 0.15) is 46.1 Å². The Labute approximate surface area is 166 Å². The van der Waals surface area contributed by atoms with Crippen LogP contribution in [0.5, 0.6) is 0 Å². The Morgan fingerprint density at radius 1 is 1.07 bits per heavy atom. The number of hydrogen-bond donors (Lipinski definition) is 0. The van der Waals surface area contributed by atoms with Crippen molar-refractivity contribution in [3.05, 3.63) is 57.3 Å². The molecule has 4 heterocycles. The molecule has 3 aliphatic heterocycles. The molecule has 0 N–H and O–H groups in total. The van der Waals surface area contributed by atoms with Gasteiger partial charge in [0, 0.05) is 38.3 Å². The van der Waals surface area contributed by atoms with Crippen LogP contribution in [0, 0.1) is 5.92 Å². The van der Waals surface area contributed by atoms with Crippen molar-refractivity contribution >= 4 is 17.1 Å². The number of thiophene rings is 1. The Bertz CT molecular complexity index is 819. The second-order valence-electron chi connectivity index (χ2n) is 8.69. The fraction of sp³-hybridized carbons (Fsp3) is 0.522. The Kier molecular flexibility index (Phi) is 4.66. The second kappa shape index (κ2) is 7.16. The average Bonchev–Trinajstić information content (AvgIpc) is 3.21. The van der Waals surface area contributed by atoms with Gasteiger partial charge in [0.15, 0.2) is 5.78 Å². The van der Waals surface area contributed by atoms with Gasteiger partial charge in [0.1, 0.15) is 0 Å². The van der Waals surface area contributed by atoms with Crippen LogP contribution in [0.4, 0.5) is 0 Å². The van der Waals surface area contributed by atoms with E-state index in [0.29, 0.717) is 12.1 Å². The van der Waals surface area contributed by atoms with E-state index in [1.54, 1.807) is 29.4 Å². The number of hydrogen-bond acceptors (Lipinski definition) is 4. The zero-order chi connectivity index (χ0) is 18.4. The molecule has 0 radical (unpaired) electrons. The zero-order valence-corrected chi connectivity index (χ0v) is 16.9. The smallest absolute Gasteiger partial charge is 0.169 e. The molecule has 0 amide bonds. The van der Waals surface area contributed by atoms with Gasteiger partial charge in [0.05, 0.1) is 4.88 Å². The third-order valence-corrected chi connectivity index (χ3v) is 7.87. The molecule has 4 aliphatic rings. The first-order valence-corrected chi connectivity index (χ1v) is 11.2. The van der Waals surface area contributed by atoms with E-state index in [9.17, 15) is 4.79 Å². The van der Waals surface area contributed by atoms with Crippen LogP contribution in [0.15, 0.2) is 35.7 Å². The lowest BCUT2D eigenvalue weighted by Gasteiger charge is -2.36. The molecule has 3 nitrogen and oxygen atoms in total. The number of piperidine rings is 1. The Morgan fingerprint density at radius 3 is 2.56 bits per heavy atom. The van der Waals surface area contributed by atoms with Gasteiger partial charge in [-0.25, -0.2) is 0 Å². The summed E-state index contributed by atoms with van der Waals surface area (Å²) in [5.74, 6) is 0.981. The standard InChI is InChI=1S/C23H28N2OS/c1-16(26)23-8-18(15-27-23)13-24-11-17-6-7-21(24)14-25(12-17)22-9-19-4-2-3-5-20(19)10-22/h2-5,8,15,17,21-22H,6-7,9-14H2,1H3/t17-,21-/m1/s1. The number of benzene rings is 1. The molecule has 1 aliphatic carbocycles. The second-order valence-corrected chi connectivity index (χ2v) is 9.60. The van der Waals surface area contributed by atoms with Crippen molar-refractivity contribution in [3.63, 3.8) is 0 Å². The number of fused-ring (bicyclic) bond motifs is 5. The van der Waals surface area contributed by atoms with Crippen molar-refractivity contribution in [2.45, 2.75) is 51.2 Å². The lowest BCUT2D eigenvalue weighted by atomic mass is 9.94. The molecule has 6 rings (SSSR count). The monoisotopic (exact) mass is 380 g/mol. The molecule has 0 saturated carbocycles. The van der Waals surface area contributed by atoms with Gasteiger partial charge in [0.2, 0.25) is 0 Å². The van der Waals surface area contributed by atoms with Gasteiger partial charge in [-0.15, -0.1) is 11.3 Å². The molecule has 0 spiro atoms. The quantitative estimate of drug-likeness (QED) is 0.749. The maximum Gasteiger partial charge on any atom is 0.169 e. The van der Waals surface area contributed by atoms with Gasteiger partial charge >= 0.3 is 0 Å². The first-order valence-electron chi connectivity index (χ1n) is 10.3. The molecule has 4 heteroatoms. The molecular formula is C23H28N2OS. The molecule has 2 bridgehead atoms. The molecule has 3 fully saturated rings. The minimum Gasteiger partial charge on any atom is -0.298 e. The Morgan fingerprint density at radius 2 is 1.85 bits per heavy atom. The lowest BCUT2D eigenvalue weighted by molar-refractivity contribution is 0.102. The first-order chi connectivity index (χ1) is 13.2. The van der Waals surface area contributed by atoms with Crippen molar-refractivity contribution in [1.29, 1.82) is 0 Å². The highest BCUT2D eigenvalue weighted by molar-refractivity contribution is 7.12. The first kappa shape index (κ1) is 17.6. The number of ketones is 1. The van der Waals surface area contributed by atoms with Gasteiger partial charge < -0.3 is 0 Å². The van der Waals surface area contributed by atoms with E-state index >= 15 is 0 Å². The summed E-state index contributed by atoms with van der Waals surface area (Å²) in [7, 11) is 0. The van der Waals surface area contributed by atoms with Crippen LogP contribution in [-0.2, 0) is 19.4 Å². The van der Waals surface area contributed by atoms with Crippen LogP contribution >= 0.6 is 11.3 Å². The van der Waals surface area contributed by atoms with Gasteiger partial charge in [-0.1, -0.05) is 24.3 Å².